The van der Waals surface area contributed by atoms with Crippen LogP contribution in [0.1, 0.15) is 53.6 Å². The summed E-state index contributed by atoms with van der Waals surface area (Å²) in [6.07, 6.45) is 0.552. The molecule has 4 aromatic rings. The van der Waals surface area contributed by atoms with Crippen LogP contribution in [0.25, 0.3) is 0 Å². The van der Waals surface area contributed by atoms with Crippen LogP contribution in [-0.2, 0) is 42.0 Å². The Balaban J connectivity index is 1.46. The van der Waals surface area contributed by atoms with E-state index in [4.69, 9.17) is 5.10 Å². The van der Waals surface area contributed by atoms with Crippen molar-refractivity contribution in [2.24, 2.45) is 7.05 Å². The van der Waals surface area contributed by atoms with Crippen molar-refractivity contribution in [1.29, 1.82) is 0 Å². The highest BCUT2D eigenvalue weighted by Gasteiger charge is 2.33. The van der Waals surface area contributed by atoms with E-state index in [0.29, 0.717) is 24.2 Å². The largest absolute Gasteiger partial charge is 0.302 e. The zero-order valence-corrected chi connectivity index (χ0v) is 23.6. The summed E-state index contributed by atoms with van der Waals surface area (Å²) in [6, 6.07) is 25.8. The number of rotatable bonds is 6. The lowest BCUT2D eigenvalue weighted by Gasteiger charge is -2.28. The number of aryl methyl sites for hydroxylation is 1. The third-order valence-electron chi connectivity index (χ3n) is 7.29. The number of carbonyl (C=O) groups excluding carboxylic acids is 1. The Hall–Kier alpha value is -3.75. The normalized spacial score (nSPS) is 14.2. The summed E-state index contributed by atoms with van der Waals surface area (Å²) in [5.41, 5.74) is 4.91. The average molecular weight is 543 g/mol. The minimum atomic E-state index is -3.70. The molecule has 7 nitrogen and oxygen atoms in total. The lowest BCUT2D eigenvalue weighted by Crippen LogP contribution is -2.37. The number of nitrogens with zero attached hydrogens (tertiary/aromatic N) is 4. The molecule has 39 heavy (non-hydrogen) atoms. The van der Waals surface area contributed by atoms with Crippen LogP contribution >= 0.6 is 0 Å². The van der Waals surface area contributed by atoms with E-state index >= 15 is 0 Å². The second-order valence-corrected chi connectivity index (χ2v) is 12.9. The molecule has 0 spiro atoms. The van der Waals surface area contributed by atoms with E-state index in [1.54, 1.807) is 29.2 Å². The van der Waals surface area contributed by atoms with Crippen LogP contribution in [0.5, 0.6) is 0 Å². The van der Waals surface area contributed by atoms with Gasteiger partial charge in [0.25, 0.3) is 5.91 Å². The van der Waals surface area contributed by atoms with E-state index in [9.17, 15) is 13.2 Å². The van der Waals surface area contributed by atoms with Crippen LogP contribution in [0, 0.1) is 0 Å². The molecule has 0 fully saturated rings. The zero-order valence-electron chi connectivity index (χ0n) is 22.8. The zero-order chi connectivity index (χ0) is 27.8. The van der Waals surface area contributed by atoms with Crippen LogP contribution in [0.2, 0.25) is 0 Å². The van der Waals surface area contributed by atoms with Gasteiger partial charge in [-0.15, -0.1) is 0 Å². The fourth-order valence-electron chi connectivity index (χ4n) is 5.03. The van der Waals surface area contributed by atoms with Gasteiger partial charge in [0.2, 0.25) is 10.0 Å². The molecule has 8 heteroatoms. The molecule has 1 amide bonds. The van der Waals surface area contributed by atoms with Gasteiger partial charge in [0, 0.05) is 49.1 Å². The summed E-state index contributed by atoms with van der Waals surface area (Å²) in [4.78, 5) is 15.6. The highest BCUT2D eigenvalue weighted by molar-refractivity contribution is 7.89. The van der Waals surface area contributed by atoms with Crippen LogP contribution in [-0.4, -0.2) is 35.0 Å². The fraction of sp³-hybridized carbons (Fsp3) is 0.290. The van der Waals surface area contributed by atoms with Crippen molar-refractivity contribution in [2.75, 3.05) is 11.4 Å². The fourth-order valence-corrected chi connectivity index (χ4v) is 6.44. The Labute approximate surface area is 230 Å². The molecule has 0 aliphatic carbocycles. The molecule has 0 atom stereocenters. The SMILES string of the molecule is Cn1nc(CN(C(=O)c2ccccc2)c2ccccc2)c2c1CCN(S(=O)(=O)c1ccc(C(C)(C)C)cc1)C2. The van der Waals surface area contributed by atoms with Gasteiger partial charge in [0.05, 0.1) is 17.1 Å². The molecule has 0 saturated carbocycles. The Bertz CT molecular complexity index is 1570. The number of hydrogen-bond acceptors (Lipinski definition) is 4. The van der Waals surface area contributed by atoms with Crippen molar-refractivity contribution in [2.45, 2.75) is 50.6 Å². The Morgan fingerprint density at radius 2 is 1.54 bits per heavy atom. The maximum Gasteiger partial charge on any atom is 0.258 e. The summed E-state index contributed by atoms with van der Waals surface area (Å²) >= 11 is 0. The van der Waals surface area contributed by atoms with Crippen LogP contribution in [0.3, 0.4) is 0 Å². The molecule has 5 rings (SSSR count). The topological polar surface area (TPSA) is 75.5 Å². The van der Waals surface area contributed by atoms with Crippen molar-refractivity contribution in [3.05, 3.63) is 113 Å². The Kier molecular flexibility index (Phi) is 7.18. The van der Waals surface area contributed by atoms with Crippen molar-refractivity contribution < 1.29 is 13.2 Å². The molecule has 0 bridgehead atoms. The average Bonchev–Trinajstić information content (AvgIpc) is 3.26. The first-order valence-corrected chi connectivity index (χ1v) is 14.6. The number of fused-ring (bicyclic) bond motifs is 1. The van der Waals surface area contributed by atoms with Crippen LogP contribution in [0.4, 0.5) is 5.69 Å². The number of anilines is 1. The summed E-state index contributed by atoms with van der Waals surface area (Å²) < 4.78 is 30.6. The van der Waals surface area contributed by atoms with Gasteiger partial charge in [0.1, 0.15) is 0 Å². The van der Waals surface area contributed by atoms with Crippen molar-refractivity contribution in [3.8, 4) is 0 Å². The Morgan fingerprint density at radius 3 is 2.15 bits per heavy atom. The number of para-hydroxylation sites is 1. The molecular formula is C31H34N4O3S. The molecule has 1 aromatic heterocycles. The van der Waals surface area contributed by atoms with E-state index in [2.05, 4.69) is 20.8 Å². The van der Waals surface area contributed by atoms with Crippen LogP contribution < -0.4 is 4.90 Å². The lowest BCUT2D eigenvalue weighted by molar-refractivity contribution is 0.0984. The molecule has 1 aliphatic rings. The summed E-state index contributed by atoms with van der Waals surface area (Å²) in [6.45, 7) is 7.13. The molecule has 2 heterocycles. The van der Waals surface area contributed by atoms with Gasteiger partial charge in [-0.1, -0.05) is 69.3 Å². The van der Waals surface area contributed by atoms with Gasteiger partial charge in [0.15, 0.2) is 0 Å². The predicted octanol–water partition coefficient (Wildman–Crippen LogP) is 5.31. The van der Waals surface area contributed by atoms with Crippen LogP contribution in [0.15, 0.2) is 89.8 Å². The molecule has 0 radical (unpaired) electrons. The molecular weight excluding hydrogens is 508 g/mol. The lowest BCUT2D eigenvalue weighted by atomic mass is 9.87. The van der Waals surface area contributed by atoms with Gasteiger partial charge < -0.3 is 4.90 Å². The second-order valence-electron chi connectivity index (χ2n) is 11.0. The van der Waals surface area contributed by atoms with E-state index in [1.165, 1.54) is 4.31 Å². The van der Waals surface area contributed by atoms with E-state index in [0.717, 1.165) is 22.5 Å². The van der Waals surface area contributed by atoms with Gasteiger partial charge in [-0.05, 0) is 47.4 Å². The van der Waals surface area contributed by atoms with Gasteiger partial charge in [-0.2, -0.15) is 9.40 Å². The maximum absolute atomic E-state index is 13.6. The van der Waals surface area contributed by atoms with Gasteiger partial charge >= 0.3 is 0 Å². The highest BCUT2D eigenvalue weighted by Crippen LogP contribution is 2.30. The number of sulfonamides is 1. The van der Waals surface area contributed by atoms with E-state index in [1.807, 2.05) is 72.4 Å². The molecule has 0 unspecified atom stereocenters. The highest BCUT2D eigenvalue weighted by atomic mass is 32.2. The predicted molar refractivity (Wildman–Crippen MR) is 153 cm³/mol. The molecule has 3 aromatic carbocycles. The third kappa shape index (κ3) is 5.40. The first-order chi connectivity index (χ1) is 18.6. The van der Waals surface area contributed by atoms with Crippen molar-refractivity contribution in [1.82, 2.24) is 14.1 Å². The monoisotopic (exact) mass is 542 g/mol. The first kappa shape index (κ1) is 26.8. The minimum Gasteiger partial charge on any atom is -0.302 e. The number of hydrogen-bond donors (Lipinski definition) is 0. The number of carbonyl (C=O) groups is 1. The standard InChI is InChI=1S/C31H34N4O3S/c1-31(2,3)24-15-17-26(18-16-24)39(37,38)34-20-19-29-27(21-34)28(32-33(29)4)22-35(25-13-9-6-10-14-25)30(36)23-11-7-5-8-12-23/h5-18H,19-22H2,1-4H3. The quantitative estimate of drug-likeness (QED) is 0.331. The number of benzene rings is 3. The molecule has 1 aliphatic heterocycles. The van der Waals surface area contributed by atoms with E-state index < -0.39 is 10.0 Å². The Morgan fingerprint density at radius 1 is 0.923 bits per heavy atom. The maximum atomic E-state index is 13.6. The summed E-state index contributed by atoms with van der Waals surface area (Å²) in [5.74, 6) is -0.138. The number of amides is 1. The molecule has 0 N–H and O–H groups in total. The molecule has 0 saturated heterocycles. The first-order valence-electron chi connectivity index (χ1n) is 13.1. The van der Waals surface area contributed by atoms with Gasteiger partial charge in [-0.3, -0.25) is 9.48 Å². The van der Waals surface area contributed by atoms with Crippen molar-refractivity contribution in [3.63, 3.8) is 0 Å². The smallest absolute Gasteiger partial charge is 0.258 e. The van der Waals surface area contributed by atoms with E-state index in [-0.39, 0.29) is 29.3 Å². The summed E-state index contributed by atoms with van der Waals surface area (Å²) in [5, 5.41) is 4.76. The van der Waals surface area contributed by atoms with Gasteiger partial charge in [-0.25, -0.2) is 8.42 Å². The second kappa shape index (κ2) is 10.4. The summed E-state index contributed by atoms with van der Waals surface area (Å²) in [7, 11) is -1.82. The molecule has 202 valence electrons. The third-order valence-corrected chi connectivity index (χ3v) is 9.15. The minimum absolute atomic E-state index is 0.0608. The number of aromatic nitrogens is 2. The van der Waals surface area contributed by atoms with Crippen molar-refractivity contribution >= 4 is 21.6 Å².